The fourth-order valence-electron chi connectivity index (χ4n) is 7.18. The van der Waals surface area contributed by atoms with Gasteiger partial charge in [-0.15, -0.1) is 5.10 Å². The molecule has 4 N–H and O–H groups in total. The molecule has 0 aliphatic heterocycles. The third kappa shape index (κ3) is 6.40. The van der Waals surface area contributed by atoms with Gasteiger partial charge in [0.05, 0.1) is 6.61 Å². The van der Waals surface area contributed by atoms with Gasteiger partial charge in [-0.25, -0.2) is 0 Å². The first kappa shape index (κ1) is 29.1. The molecular formula is C28H36N6O6S. The maximum Gasteiger partial charge on any atom is 0.287 e. The van der Waals surface area contributed by atoms with Crippen LogP contribution in [-0.4, -0.2) is 55.4 Å². The summed E-state index contributed by atoms with van der Waals surface area (Å²) in [5.41, 5.74) is -0.195. The predicted octanol–water partition coefficient (Wildman–Crippen LogP) is 1.49. The van der Waals surface area contributed by atoms with Crippen LogP contribution in [0, 0.1) is 29.6 Å². The van der Waals surface area contributed by atoms with Crippen molar-refractivity contribution in [2.24, 2.45) is 29.6 Å². The number of hydrogen-bond acceptors (Lipinski definition) is 9. The Bertz CT molecular complexity index is 1340. The van der Waals surface area contributed by atoms with Crippen LogP contribution in [0.4, 0.5) is 5.69 Å². The van der Waals surface area contributed by atoms with Crippen LogP contribution in [0.2, 0.25) is 0 Å². The minimum absolute atomic E-state index is 0.0260. The zero-order valence-corrected chi connectivity index (χ0v) is 23.8. The van der Waals surface area contributed by atoms with Gasteiger partial charge in [-0.2, -0.15) is 0 Å². The van der Waals surface area contributed by atoms with Crippen LogP contribution >= 0.6 is 11.5 Å². The first-order valence-electron chi connectivity index (χ1n) is 14.3. The molecule has 41 heavy (non-hydrogen) atoms. The number of amides is 3. The summed E-state index contributed by atoms with van der Waals surface area (Å²) in [5.74, 6) is 0.487. The van der Waals surface area contributed by atoms with Gasteiger partial charge in [-0.3, -0.25) is 24.0 Å². The van der Waals surface area contributed by atoms with Crippen molar-refractivity contribution in [3.63, 3.8) is 0 Å². The molecule has 4 bridgehead atoms. The number of ketones is 1. The first-order valence-corrected chi connectivity index (χ1v) is 15.1. The van der Waals surface area contributed by atoms with Gasteiger partial charge in [0.2, 0.25) is 11.7 Å². The molecule has 0 aromatic carbocycles. The highest BCUT2D eigenvalue weighted by molar-refractivity contribution is 7.08. The normalized spacial score (nSPS) is 25.0. The summed E-state index contributed by atoms with van der Waals surface area (Å²) in [6.45, 7) is 2.05. The molecule has 0 radical (unpaired) electrons. The summed E-state index contributed by atoms with van der Waals surface area (Å²) < 4.78 is 5.34. The molecule has 4 aliphatic rings. The Hall–Kier alpha value is -3.45. The van der Waals surface area contributed by atoms with Crippen molar-refractivity contribution in [3.05, 3.63) is 39.3 Å². The van der Waals surface area contributed by atoms with E-state index in [1.54, 1.807) is 23.8 Å². The highest BCUT2D eigenvalue weighted by atomic mass is 32.1. The summed E-state index contributed by atoms with van der Waals surface area (Å²) in [4.78, 5) is 63.9. The van der Waals surface area contributed by atoms with Gasteiger partial charge in [-0.1, -0.05) is 4.49 Å². The smallest absolute Gasteiger partial charge is 0.287 e. The van der Waals surface area contributed by atoms with Crippen LogP contribution in [0.15, 0.2) is 23.1 Å². The second-order valence-electron chi connectivity index (χ2n) is 11.5. The van der Waals surface area contributed by atoms with Crippen molar-refractivity contribution in [2.45, 2.75) is 71.1 Å². The number of aliphatic hydroxyl groups excluding tert-OH is 1. The summed E-state index contributed by atoms with van der Waals surface area (Å²) in [5, 5.41) is 20.7. The molecular weight excluding hydrogens is 548 g/mol. The van der Waals surface area contributed by atoms with E-state index in [0.717, 1.165) is 23.4 Å². The number of pyridine rings is 1. The van der Waals surface area contributed by atoms with Gasteiger partial charge in [0.25, 0.3) is 17.4 Å². The maximum atomic E-state index is 13.4. The standard InChI is InChI=1S/C28H36N6O6S/c1-2-29-26(38)23(36)6-5-20(30-27(39)24-22(14-35)32-33-41-24)25(37)31-21-4-3-7-34(28(21)40)13-19-17-9-15-8-16(11-17)12-18(19)10-15/h3-4,7,15-20,35H,2,5-6,8-14H2,1H3,(H,29,38)(H,30,39)(H,31,37)/t15?,16?,17?,18?,19?,20-/m0/s1. The minimum atomic E-state index is -1.24. The molecule has 4 saturated carbocycles. The molecule has 4 aliphatic carbocycles. The Labute approximate surface area is 241 Å². The zero-order valence-electron chi connectivity index (χ0n) is 23.0. The van der Waals surface area contributed by atoms with E-state index in [1.165, 1.54) is 38.2 Å². The average molecular weight is 585 g/mol. The fraction of sp³-hybridized carbons (Fsp3) is 0.607. The molecule has 13 heteroatoms. The van der Waals surface area contributed by atoms with Crippen LogP contribution in [0.5, 0.6) is 0 Å². The number of nitrogens with zero attached hydrogens (tertiary/aromatic N) is 3. The van der Waals surface area contributed by atoms with E-state index in [-0.39, 0.29) is 41.2 Å². The topological polar surface area (TPSA) is 172 Å². The number of anilines is 1. The Kier molecular flexibility index (Phi) is 8.93. The van der Waals surface area contributed by atoms with Gasteiger partial charge in [0, 0.05) is 25.7 Å². The van der Waals surface area contributed by atoms with E-state index in [4.69, 9.17) is 0 Å². The number of Topliss-reactive ketones (excluding diaryl/α,β-unsaturated/α-hetero) is 1. The van der Waals surface area contributed by atoms with Crippen molar-refractivity contribution < 1.29 is 24.3 Å². The number of carbonyl (C=O) groups excluding carboxylic acids is 4. The van der Waals surface area contributed by atoms with E-state index in [9.17, 15) is 29.1 Å². The molecule has 0 saturated heterocycles. The van der Waals surface area contributed by atoms with Crippen LogP contribution < -0.4 is 21.5 Å². The number of rotatable bonds is 12. The molecule has 2 aromatic rings. The molecule has 0 unspecified atom stereocenters. The van der Waals surface area contributed by atoms with Crippen LogP contribution in [0.25, 0.3) is 0 Å². The predicted molar refractivity (Wildman–Crippen MR) is 150 cm³/mol. The van der Waals surface area contributed by atoms with Crippen LogP contribution in [0.1, 0.15) is 67.2 Å². The molecule has 0 spiro atoms. The Morgan fingerprint density at radius 1 is 1.12 bits per heavy atom. The van der Waals surface area contributed by atoms with Crippen molar-refractivity contribution in [2.75, 3.05) is 11.9 Å². The van der Waals surface area contributed by atoms with E-state index in [2.05, 4.69) is 25.5 Å². The largest absolute Gasteiger partial charge is 0.390 e. The van der Waals surface area contributed by atoms with E-state index in [1.807, 2.05) is 0 Å². The Balaban J connectivity index is 1.30. The molecule has 2 heterocycles. The SMILES string of the molecule is CCNC(=O)C(=O)CC[C@H](NC(=O)c1snnc1CO)C(=O)Nc1cccn(CC2C3CC4CC(C3)CC2C4)c1=O. The quantitative estimate of drug-likeness (QED) is 0.272. The van der Waals surface area contributed by atoms with Crippen molar-refractivity contribution in [3.8, 4) is 0 Å². The van der Waals surface area contributed by atoms with E-state index in [0.29, 0.717) is 24.3 Å². The lowest BCUT2D eigenvalue weighted by molar-refractivity contribution is -0.138. The van der Waals surface area contributed by atoms with E-state index >= 15 is 0 Å². The van der Waals surface area contributed by atoms with Crippen LogP contribution in [0.3, 0.4) is 0 Å². The van der Waals surface area contributed by atoms with Gasteiger partial charge in [0.15, 0.2) is 0 Å². The molecule has 1 atom stereocenters. The molecule has 6 rings (SSSR count). The summed E-state index contributed by atoms with van der Waals surface area (Å²) in [6.07, 6.45) is 7.60. The second-order valence-corrected chi connectivity index (χ2v) is 12.3. The second kappa shape index (κ2) is 12.6. The lowest BCUT2D eigenvalue weighted by Gasteiger charge is -2.54. The summed E-state index contributed by atoms with van der Waals surface area (Å²) in [7, 11) is 0. The van der Waals surface area contributed by atoms with Gasteiger partial charge >= 0.3 is 0 Å². The van der Waals surface area contributed by atoms with Crippen molar-refractivity contribution >= 4 is 40.7 Å². The average Bonchev–Trinajstić information content (AvgIpc) is 3.43. The van der Waals surface area contributed by atoms with Gasteiger partial charge in [-0.05, 0) is 98.7 Å². The number of aliphatic hydroxyl groups is 1. The number of likely N-dealkylation sites (N-methyl/N-ethyl adjacent to an activating group) is 1. The lowest BCUT2D eigenvalue weighted by atomic mass is 9.52. The van der Waals surface area contributed by atoms with Crippen molar-refractivity contribution in [1.29, 1.82) is 0 Å². The van der Waals surface area contributed by atoms with E-state index < -0.39 is 36.2 Å². The van der Waals surface area contributed by atoms with Crippen LogP contribution in [-0.2, 0) is 27.5 Å². The molecule has 220 valence electrons. The molecule has 2 aromatic heterocycles. The third-order valence-corrected chi connectivity index (χ3v) is 9.66. The number of carbonyl (C=O) groups is 4. The first-order chi connectivity index (χ1) is 19.8. The van der Waals surface area contributed by atoms with Crippen molar-refractivity contribution in [1.82, 2.24) is 24.8 Å². The fourth-order valence-corrected chi connectivity index (χ4v) is 7.76. The monoisotopic (exact) mass is 584 g/mol. The minimum Gasteiger partial charge on any atom is -0.390 e. The summed E-state index contributed by atoms with van der Waals surface area (Å²) in [6, 6.07) is 1.99. The van der Waals surface area contributed by atoms with Gasteiger partial charge < -0.3 is 25.6 Å². The molecule has 4 fully saturated rings. The number of nitrogens with one attached hydrogen (secondary N) is 3. The lowest BCUT2D eigenvalue weighted by Crippen LogP contribution is -2.47. The number of aromatic nitrogens is 3. The summed E-state index contributed by atoms with van der Waals surface area (Å²) >= 11 is 0.757. The number of hydrogen-bond donors (Lipinski definition) is 4. The highest BCUT2D eigenvalue weighted by Gasteiger charge is 2.48. The highest BCUT2D eigenvalue weighted by Crippen LogP contribution is 2.56. The third-order valence-electron chi connectivity index (χ3n) is 8.89. The Morgan fingerprint density at radius 3 is 2.49 bits per heavy atom. The Morgan fingerprint density at radius 2 is 1.83 bits per heavy atom. The molecule has 12 nitrogen and oxygen atoms in total. The zero-order chi connectivity index (χ0) is 29.1. The maximum absolute atomic E-state index is 13.4. The van der Waals surface area contributed by atoms with Gasteiger partial charge in [0.1, 0.15) is 22.3 Å². The molecule has 3 amide bonds.